The molecule has 5 nitrogen and oxygen atoms in total. The molecule has 20 heavy (non-hydrogen) atoms. The molecule has 0 spiro atoms. The summed E-state index contributed by atoms with van der Waals surface area (Å²) in [6.07, 6.45) is 1.31. The predicted molar refractivity (Wildman–Crippen MR) is 78.3 cm³/mol. The van der Waals surface area contributed by atoms with E-state index in [1.54, 1.807) is 4.68 Å². The summed E-state index contributed by atoms with van der Waals surface area (Å²) in [4.78, 5) is 16.9. The summed E-state index contributed by atoms with van der Waals surface area (Å²) in [6.45, 7) is 12.2. The summed E-state index contributed by atoms with van der Waals surface area (Å²) in [5.41, 5.74) is 4.33. The number of oxazole rings is 1. The zero-order valence-electron chi connectivity index (χ0n) is 13.3. The fourth-order valence-corrected chi connectivity index (χ4v) is 2.52. The van der Waals surface area contributed by atoms with Crippen LogP contribution in [0.5, 0.6) is 0 Å². The first kappa shape index (κ1) is 14.9. The van der Waals surface area contributed by atoms with E-state index in [0.29, 0.717) is 17.8 Å². The second-order valence-electron chi connectivity index (χ2n) is 6.94. The third-order valence-corrected chi connectivity index (χ3v) is 3.19. The second kappa shape index (κ2) is 5.11. The van der Waals surface area contributed by atoms with Gasteiger partial charge >= 0.3 is 5.68 Å². The highest BCUT2D eigenvalue weighted by Gasteiger charge is 2.36. The fraction of sp³-hybridized carbons (Fsp3) is 0.733. The average Bonchev–Trinajstić information content (AvgIpc) is 2.52. The number of rotatable bonds is 3. The predicted octanol–water partition coefficient (Wildman–Crippen LogP) is 2.50. The van der Waals surface area contributed by atoms with Gasteiger partial charge in [-0.15, -0.1) is 0 Å². The van der Waals surface area contributed by atoms with Crippen LogP contribution in [0.15, 0.2) is 9.41 Å². The van der Waals surface area contributed by atoms with Crippen LogP contribution in [0.1, 0.15) is 64.2 Å². The van der Waals surface area contributed by atoms with Crippen LogP contribution in [-0.4, -0.2) is 22.5 Å². The molecule has 2 rings (SSSR count). The van der Waals surface area contributed by atoms with Gasteiger partial charge in [0.05, 0.1) is 0 Å². The van der Waals surface area contributed by atoms with Crippen molar-refractivity contribution in [2.45, 2.75) is 66.5 Å². The molecular weight excluding hydrogens is 254 g/mol. The van der Waals surface area contributed by atoms with Gasteiger partial charge in [0.15, 0.2) is 5.78 Å². The molecule has 0 unspecified atom stereocenters. The third-order valence-electron chi connectivity index (χ3n) is 3.19. The van der Waals surface area contributed by atoms with Crippen LogP contribution < -0.4 is 11.1 Å². The van der Waals surface area contributed by atoms with Crippen molar-refractivity contribution in [2.75, 3.05) is 5.43 Å². The smallest absolute Gasteiger partial charge is 0.317 e. The van der Waals surface area contributed by atoms with E-state index < -0.39 is 0 Å². The molecular formula is C15H25N3O2. The van der Waals surface area contributed by atoms with E-state index >= 15 is 0 Å². The summed E-state index contributed by atoms with van der Waals surface area (Å²) in [6, 6.07) is 0.316. The Balaban J connectivity index is 2.60. The van der Waals surface area contributed by atoms with Gasteiger partial charge in [0, 0.05) is 24.9 Å². The number of ketones is 1. The molecule has 1 N–H and O–H groups in total. The Morgan fingerprint density at radius 3 is 2.45 bits per heavy atom. The number of nitrogens with zero attached hydrogens (tertiary/aromatic N) is 2. The van der Waals surface area contributed by atoms with E-state index in [-0.39, 0.29) is 23.3 Å². The van der Waals surface area contributed by atoms with Crippen molar-refractivity contribution >= 4 is 5.78 Å². The first-order chi connectivity index (χ1) is 9.19. The van der Waals surface area contributed by atoms with Crippen LogP contribution >= 0.6 is 0 Å². The highest BCUT2D eigenvalue weighted by atomic mass is 16.4. The van der Waals surface area contributed by atoms with Gasteiger partial charge in [0.1, 0.15) is 11.5 Å². The number of Topliss-reactive ketones (excluding diaryl/α,β-unsaturated/α-hetero) is 1. The number of nitrogens with one attached hydrogen (secondary N) is 1. The first-order valence-corrected chi connectivity index (χ1v) is 7.28. The Kier molecular flexibility index (Phi) is 3.80. The highest BCUT2D eigenvalue weighted by molar-refractivity contribution is 5.97. The number of hydrogen-bond acceptors (Lipinski definition) is 4. The van der Waals surface area contributed by atoms with E-state index in [1.807, 2.05) is 27.7 Å². The number of fused-ring (bicyclic) bond motifs is 1. The summed E-state index contributed by atoms with van der Waals surface area (Å²) in [5.74, 6) is 0.872. The van der Waals surface area contributed by atoms with E-state index in [4.69, 9.17) is 4.42 Å². The van der Waals surface area contributed by atoms with Gasteiger partial charge in [0.2, 0.25) is 0 Å². The van der Waals surface area contributed by atoms with Crippen LogP contribution in [0.2, 0.25) is 0 Å². The van der Waals surface area contributed by atoms with Gasteiger partial charge in [-0.3, -0.25) is 4.79 Å². The van der Waals surface area contributed by atoms with E-state index in [9.17, 15) is 4.79 Å². The second-order valence-corrected chi connectivity index (χ2v) is 6.94. The van der Waals surface area contributed by atoms with Crippen molar-refractivity contribution < 1.29 is 9.21 Å². The lowest BCUT2D eigenvalue weighted by molar-refractivity contribution is 0.0896. The van der Waals surface area contributed by atoms with E-state index in [0.717, 1.165) is 12.2 Å². The third kappa shape index (κ3) is 2.97. The molecule has 0 saturated heterocycles. The van der Waals surface area contributed by atoms with Gasteiger partial charge in [-0.2, -0.15) is 0 Å². The maximum atomic E-state index is 12.4. The Morgan fingerprint density at radius 1 is 1.25 bits per heavy atom. The van der Waals surface area contributed by atoms with E-state index in [1.165, 1.54) is 0 Å². The molecule has 0 aliphatic heterocycles. The first-order valence-electron chi connectivity index (χ1n) is 7.28. The minimum Gasteiger partial charge on any atom is -0.427 e. The van der Waals surface area contributed by atoms with Crippen LogP contribution in [-0.2, 0) is 6.42 Å². The topological polar surface area (TPSA) is 59.5 Å². The molecule has 0 saturated carbocycles. The summed E-state index contributed by atoms with van der Waals surface area (Å²) < 4.78 is 7.60. The molecule has 0 fully saturated rings. The van der Waals surface area contributed by atoms with Crippen molar-refractivity contribution in [3.05, 3.63) is 17.1 Å². The van der Waals surface area contributed by atoms with Crippen LogP contribution in [0.4, 0.5) is 0 Å². The zero-order chi connectivity index (χ0) is 15.1. The molecule has 1 aliphatic rings. The van der Waals surface area contributed by atoms with Crippen LogP contribution in [0, 0.1) is 5.41 Å². The lowest BCUT2D eigenvalue weighted by atomic mass is 9.78. The maximum Gasteiger partial charge on any atom is 0.317 e. The van der Waals surface area contributed by atoms with Crippen molar-refractivity contribution in [3.8, 4) is 0 Å². The summed E-state index contributed by atoms with van der Waals surface area (Å²) in [7, 11) is 0. The number of carbonyl (C=O) groups excluding carboxylic acids is 1. The van der Waals surface area contributed by atoms with Crippen molar-refractivity contribution in [1.29, 1.82) is 0 Å². The van der Waals surface area contributed by atoms with Crippen molar-refractivity contribution in [3.63, 3.8) is 0 Å². The highest BCUT2D eigenvalue weighted by Crippen LogP contribution is 2.34. The standard InChI is InChI=1S/C15H25N3O2/c1-9(2)16-14-18(17-10(3)4)13-11(19)7-15(5,6)8-12(13)20-14/h9-10,17H,7-8H2,1-6H3. The largest absolute Gasteiger partial charge is 0.427 e. The van der Waals surface area contributed by atoms with Crippen molar-refractivity contribution in [2.24, 2.45) is 10.4 Å². The molecule has 1 aliphatic carbocycles. The van der Waals surface area contributed by atoms with Crippen LogP contribution in [0.25, 0.3) is 0 Å². The van der Waals surface area contributed by atoms with Gasteiger partial charge in [-0.1, -0.05) is 13.8 Å². The quantitative estimate of drug-likeness (QED) is 0.924. The lowest BCUT2D eigenvalue weighted by Crippen LogP contribution is -2.36. The fourth-order valence-electron chi connectivity index (χ4n) is 2.52. The monoisotopic (exact) mass is 279 g/mol. The molecule has 0 radical (unpaired) electrons. The summed E-state index contributed by atoms with van der Waals surface area (Å²) in [5, 5.41) is 0. The maximum absolute atomic E-state index is 12.4. The van der Waals surface area contributed by atoms with Gasteiger partial charge in [0.25, 0.3) is 0 Å². The average molecular weight is 279 g/mol. The normalized spacial score (nSPS) is 18.8. The number of aromatic nitrogens is 1. The Labute approximate surface area is 120 Å². The number of hydrogen-bond donors (Lipinski definition) is 1. The number of carbonyl (C=O) groups is 1. The van der Waals surface area contributed by atoms with Gasteiger partial charge in [-0.25, -0.2) is 9.67 Å². The molecule has 0 aromatic carbocycles. The molecule has 0 amide bonds. The molecule has 112 valence electrons. The SMILES string of the molecule is CC(C)N=c1oc2c(n1NC(C)C)C(=O)CC(C)(C)C2. The van der Waals surface area contributed by atoms with Gasteiger partial charge < -0.3 is 9.84 Å². The van der Waals surface area contributed by atoms with Crippen molar-refractivity contribution in [1.82, 2.24) is 4.68 Å². The molecule has 0 atom stereocenters. The molecule has 1 aromatic rings. The lowest BCUT2D eigenvalue weighted by Gasteiger charge is -2.27. The molecule has 5 heteroatoms. The van der Waals surface area contributed by atoms with Crippen LogP contribution in [0.3, 0.4) is 0 Å². The minimum absolute atomic E-state index is 0.0489. The Hall–Kier alpha value is -1.52. The minimum atomic E-state index is -0.0489. The molecule has 0 bridgehead atoms. The summed E-state index contributed by atoms with van der Waals surface area (Å²) >= 11 is 0. The van der Waals surface area contributed by atoms with Gasteiger partial charge in [-0.05, 0) is 33.1 Å². The van der Waals surface area contributed by atoms with E-state index in [2.05, 4.69) is 24.3 Å². The Bertz CT molecular complexity index is 576. The molecule has 1 heterocycles. The Morgan fingerprint density at radius 2 is 1.90 bits per heavy atom. The molecule has 1 aromatic heterocycles. The zero-order valence-corrected chi connectivity index (χ0v) is 13.3.